The van der Waals surface area contributed by atoms with Crippen molar-refractivity contribution in [3.63, 3.8) is 0 Å². The molecule has 0 bridgehead atoms. The van der Waals surface area contributed by atoms with Crippen LogP contribution in [0, 0.1) is 6.92 Å². The standard InChI is InChI=1S/C21H21N7OS2/c1-13-4-2-5-14(10-13)11-17(29)24-20-27-26-19(31-20)23-15-7-9-28(12-15)21-25-18-16(30-21)6-3-8-22-18/h2-6,8,10,15H,7,9,11-12H2,1H3,(H,23,26)(H,24,27,29). The van der Waals surface area contributed by atoms with Gasteiger partial charge in [-0.1, -0.05) is 52.5 Å². The number of aryl methyl sites for hydroxylation is 1. The summed E-state index contributed by atoms with van der Waals surface area (Å²) in [6.07, 6.45) is 3.07. The molecule has 8 nitrogen and oxygen atoms in total. The van der Waals surface area contributed by atoms with E-state index in [2.05, 4.69) is 35.7 Å². The molecule has 2 N–H and O–H groups in total. The highest BCUT2D eigenvalue weighted by molar-refractivity contribution is 7.22. The van der Waals surface area contributed by atoms with E-state index < -0.39 is 0 Å². The number of anilines is 3. The number of aromatic nitrogens is 4. The van der Waals surface area contributed by atoms with Gasteiger partial charge in [-0.3, -0.25) is 4.79 Å². The summed E-state index contributed by atoms with van der Waals surface area (Å²) >= 11 is 3.02. The van der Waals surface area contributed by atoms with Crippen LogP contribution in [0.15, 0.2) is 42.6 Å². The molecule has 1 aliphatic rings. The first-order valence-electron chi connectivity index (χ1n) is 10.0. The van der Waals surface area contributed by atoms with E-state index in [0.717, 1.165) is 46.1 Å². The number of rotatable bonds is 6. The summed E-state index contributed by atoms with van der Waals surface area (Å²) in [4.78, 5) is 23.6. The first-order valence-corrected chi connectivity index (χ1v) is 11.7. The minimum Gasteiger partial charge on any atom is -0.355 e. The molecule has 1 unspecified atom stereocenters. The number of amides is 1. The van der Waals surface area contributed by atoms with Gasteiger partial charge in [0.05, 0.1) is 11.1 Å². The number of hydrogen-bond acceptors (Lipinski definition) is 9. The minimum atomic E-state index is -0.0928. The molecule has 3 aromatic heterocycles. The Morgan fingerprint density at radius 3 is 2.97 bits per heavy atom. The lowest BCUT2D eigenvalue weighted by Crippen LogP contribution is -2.25. The van der Waals surface area contributed by atoms with Gasteiger partial charge in [0.15, 0.2) is 10.8 Å². The van der Waals surface area contributed by atoms with E-state index in [0.29, 0.717) is 16.7 Å². The highest BCUT2D eigenvalue weighted by Gasteiger charge is 2.26. The topological polar surface area (TPSA) is 95.9 Å². The highest BCUT2D eigenvalue weighted by atomic mass is 32.1. The third kappa shape index (κ3) is 4.64. The van der Waals surface area contributed by atoms with E-state index in [1.807, 2.05) is 43.3 Å². The summed E-state index contributed by atoms with van der Waals surface area (Å²) in [5.41, 5.74) is 2.92. The predicted molar refractivity (Wildman–Crippen MR) is 125 cm³/mol. The number of thiazole rings is 1. The van der Waals surface area contributed by atoms with Crippen LogP contribution < -0.4 is 15.5 Å². The van der Waals surface area contributed by atoms with Crippen molar-refractivity contribution < 1.29 is 4.79 Å². The molecule has 1 aliphatic heterocycles. The van der Waals surface area contributed by atoms with Crippen LogP contribution in [0.5, 0.6) is 0 Å². The second-order valence-corrected chi connectivity index (χ2v) is 9.51. The summed E-state index contributed by atoms with van der Waals surface area (Å²) in [5.74, 6) is -0.0928. The van der Waals surface area contributed by atoms with E-state index in [-0.39, 0.29) is 11.9 Å². The molecule has 158 valence electrons. The normalized spacial score (nSPS) is 16.0. The Balaban J connectivity index is 1.16. The van der Waals surface area contributed by atoms with Crippen molar-refractivity contribution in [1.29, 1.82) is 0 Å². The van der Waals surface area contributed by atoms with Gasteiger partial charge in [-0.15, -0.1) is 10.2 Å². The lowest BCUT2D eigenvalue weighted by molar-refractivity contribution is -0.115. The van der Waals surface area contributed by atoms with Crippen LogP contribution in [-0.4, -0.2) is 45.2 Å². The molecule has 31 heavy (non-hydrogen) atoms. The largest absolute Gasteiger partial charge is 0.355 e. The fourth-order valence-electron chi connectivity index (χ4n) is 3.62. The monoisotopic (exact) mass is 451 g/mol. The summed E-state index contributed by atoms with van der Waals surface area (Å²) in [7, 11) is 0. The van der Waals surface area contributed by atoms with Crippen molar-refractivity contribution in [3.05, 3.63) is 53.7 Å². The lowest BCUT2D eigenvalue weighted by atomic mass is 10.1. The Hall–Kier alpha value is -3.11. The Labute approximate surface area is 187 Å². The molecule has 10 heteroatoms. The molecule has 0 saturated carbocycles. The molecule has 1 aromatic carbocycles. The molecular weight excluding hydrogens is 430 g/mol. The van der Waals surface area contributed by atoms with Crippen LogP contribution in [0.4, 0.5) is 15.4 Å². The lowest BCUT2D eigenvalue weighted by Gasteiger charge is -2.14. The van der Waals surface area contributed by atoms with Crippen LogP contribution in [0.3, 0.4) is 0 Å². The molecule has 1 atom stereocenters. The smallest absolute Gasteiger partial charge is 0.230 e. The molecule has 1 amide bonds. The maximum Gasteiger partial charge on any atom is 0.230 e. The number of carbonyl (C=O) groups excluding carboxylic acids is 1. The number of hydrogen-bond donors (Lipinski definition) is 2. The number of pyridine rings is 1. The van der Waals surface area contributed by atoms with Gasteiger partial charge >= 0.3 is 0 Å². The van der Waals surface area contributed by atoms with Crippen molar-refractivity contribution in [3.8, 4) is 0 Å². The van der Waals surface area contributed by atoms with E-state index in [9.17, 15) is 4.79 Å². The van der Waals surface area contributed by atoms with Crippen molar-refractivity contribution in [2.75, 3.05) is 28.6 Å². The maximum atomic E-state index is 12.3. The molecule has 4 heterocycles. The van der Waals surface area contributed by atoms with Crippen LogP contribution >= 0.6 is 22.7 Å². The summed E-state index contributed by atoms with van der Waals surface area (Å²) in [5, 5.41) is 16.8. The number of fused-ring (bicyclic) bond motifs is 1. The molecule has 1 saturated heterocycles. The number of benzene rings is 1. The molecule has 1 fully saturated rings. The van der Waals surface area contributed by atoms with Crippen LogP contribution in [0.1, 0.15) is 17.5 Å². The maximum absolute atomic E-state index is 12.3. The Morgan fingerprint density at radius 2 is 2.10 bits per heavy atom. The van der Waals surface area contributed by atoms with E-state index in [1.165, 1.54) is 11.3 Å². The quantitative estimate of drug-likeness (QED) is 0.461. The zero-order valence-electron chi connectivity index (χ0n) is 16.9. The average Bonchev–Trinajstić information content (AvgIpc) is 3.47. The van der Waals surface area contributed by atoms with E-state index in [4.69, 9.17) is 0 Å². The van der Waals surface area contributed by atoms with Crippen molar-refractivity contribution in [2.24, 2.45) is 0 Å². The van der Waals surface area contributed by atoms with Crippen LogP contribution in [0.2, 0.25) is 0 Å². The van der Waals surface area contributed by atoms with Crippen LogP contribution in [-0.2, 0) is 11.2 Å². The molecular formula is C21H21N7OS2. The van der Waals surface area contributed by atoms with Gasteiger partial charge in [-0.25, -0.2) is 4.98 Å². The summed E-state index contributed by atoms with van der Waals surface area (Å²) in [6, 6.07) is 12.2. The number of nitrogens with one attached hydrogen (secondary N) is 2. The molecule has 0 spiro atoms. The Morgan fingerprint density at radius 1 is 1.19 bits per heavy atom. The first kappa shape index (κ1) is 19.8. The predicted octanol–water partition coefficient (Wildman–Crippen LogP) is 3.72. The third-order valence-corrected chi connectivity index (χ3v) is 6.90. The second kappa shape index (κ2) is 8.56. The minimum absolute atomic E-state index is 0.0928. The molecule has 5 rings (SSSR count). The summed E-state index contributed by atoms with van der Waals surface area (Å²) < 4.78 is 1.10. The highest BCUT2D eigenvalue weighted by Crippen LogP contribution is 2.31. The van der Waals surface area contributed by atoms with Gasteiger partial charge in [0.25, 0.3) is 0 Å². The first-order chi connectivity index (χ1) is 15.1. The zero-order valence-corrected chi connectivity index (χ0v) is 18.5. The van der Waals surface area contributed by atoms with E-state index >= 15 is 0 Å². The van der Waals surface area contributed by atoms with Gasteiger partial charge in [0.1, 0.15) is 0 Å². The molecule has 0 radical (unpaired) electrons. The van der Waals surface area contributed by atoms with Gasteiger partial charge in [-0.05, 0) is 31.0 Å². The number of carbonyl (C=O) groups is 1. The van der Waals surface area contributed by atoms with Gasteiger partial charge in [0.2, 0.25) is 16.2 Å². The third-order valence-electron chi connectivity index (χ3n) is 5.06. The van der Waals surface area contributed by atoms with Gasteiger partial charge in [0, 0.05) is 25.3 Å². The van der Waals surface area contributed by atoms with Crippen molar-refractivity contribution in [1.82, 2.24) is 20.2 Å². The van der Waals surface area contributed by atoms with Gasteiger partial charge in [-0.2, -0.15) is 4.98 Å². The van der Waals surface area contributed by atoms with Crippen LogP contribution in [0.25, 0.3) is 10.3 Å². The fraction of sp³-hybridized carbons (Fsp3) is 0.286. The molecule has 0 aliphatic carbocycles. The zero-order chi connectivity index (χ0) is 21.2. The number of nitrogens with zero attached hydrogens (tertiary/aromatic N) is 5. The Bertz CT molecular complexity index is 1190. The SMILES string of the molecule is Cc1cccc(CC(=O)Nc2nnc(NC3CCN(c4nc5ncccc5s4)C3)s2)c1. The van der Waals surface area contributed by atoms with Gasteiger partial charge < -0.3 is 15.5 Å². The van der Waals surface area contributed by atoms with Crippen molar-refractivity contribution >= 4 is 54.3 Å². The fourth-order valence-corrected chi connectivity index (χ4v) is 5.32. The van der Waals surface area contributed by atoms with Crippen molar-refractivity contribution in [2.45, 2.75) is 25.8 Å². The average molecular weight is 452 g/mol. The molecule has 4 aromatic rings. The second-order valence-electron chi connectivity index (χ2n) is 7.52. The summed E-state index contributed by atoms with van der Waals surface area (Å²) in [6.45, 7) is 3.78. The Kier molecular flexibility index (Phi) is 5.47. The van der Waals surface area contributed by atoms with E-state index in [1.54, 1.807) is 17.5 Å².